The van der Waals surface area contributed by atoms with Crippen LogP contribution in [0.1, 0.15) is 32.3 Å². The summed E-state index contributed by atoms with van der Waals surface area (Å²) < 4.78 is 35.0. The molecule has 32 heavy (non-hydrogen) atoms. The molecule has 1 aliphatic heterocycles. The van der Waals surface area contributed by atoms with Crippen molar-refractivity contribution in [3.63, 3.8) is 0 Å². The minimum absolute atomic E-state index is 0.170. The van der Waals surface area contributed by atoms with Crippen molar-refractivity contribution in [1.82, 2.24) is 0 Å². The van der Waals surface area contributed by atoms with E-state index in [9.17, 15) is 13.0 Å². The largest absolute Gasteiger partial charge is 0.748 e. The van der Waals surface area contributed by atoms with Crippen LogP contribution in [-0.2, 0) is 15.5 Å². The number of anilines is 1. The van der Waals surface area contributed by atoms with Gasteiger partial charge in [-0.25, -0.2) is 8.42 Å². The molecule has 0 amide bonds. The zero-order chi connectivity index (χ0) is 23.0. The number of fused-ring (bicyclic) bond motifs is 1. The standard InChI is InChI=1S/C26H30N2O3S/c1-26(2)23-16-9-10-17-24(23)28(20-12-13-21-32(29,30)31)25(26)18-8-3-4-11-19-27-22-14-6-5-7-15-22/h3-11,14-19H,12-13,20-21H2,1-2H3,(H,29,30,31). The number of nitrogens with one attached hydrogen (secondary N) is 1. The summed E-state index contributed by atoms with van der Waals surface area (Å²) in [5, 5.41) is 3.21. The average Bonchev–Trinajstić information content (AvgIpc) is 2.97. The number of allylic oxidation sites excluding steroid dienone is 5. The van der Waals surface area contributed by atoms with E-state index in [-0.39, 0.29) is 11.2 Å². The molecule has 0 saturated heterocycles. The third-order valence-corrected chi connectivity index (χ3v) is 6.32. The summed E-state index contributed by atoms with van der Waals surface area (Å²) in [5.41, 5.74) is 4.40. The molecule has 1 N–H and O–H groups in total. The third-order valence-electron chi connectivity index (χ3n) is 5.53. The van der Waals surface area contributed by atoms with Crippen molar-refractivity contribution in [3.05, 3.63) is 96.7 Å². The monoisotopic (exact) mass is 450 g/mol. The first-order valence-electron chi connectivity index (χ1n) is 10.8. The number of para-hydroxylation sites is 2. The summed E-state index contributed by atoms with van der Waals surface area (Å²) in [7, 11) is -4.17. The lowest BCUT2D eigenvalue weighted by molar-refractivity contribution is -0.438. The number of unbranched alkanes of at least 4 members (excludes halogenated alkanes) is 1. The van der Waals surface area contributed by atoms with Gasteiger partial charge in [-0.3, -0.25) is 0 Å². The molecule has 1 heterocycles. The molecule has 1 aliphatic rings. The zero-order valence-corrected chi connectivity index (χ0v) is 19.4. The van der Waals surface area contributed by atoms with Gasteiger partial charge in [-0.2, -0.15) is 4.58 Å². The summed E-state index contributed by atoms with van der Waals surface area (Å²) in [4.78, 5) is 0. The van der Waals surface area contributed by atoms with Crippen LogP contribution in [0.4, 0.5) is 11.4 Å². The lowest BCUT2D eigenvalue weighted by Gasteiger charge is -2.15. The van der Waals surface area contributed by atoms with E-state index in [2.05, 4.69) is 41.9 Å². The fourth-order valence-electron chi connectivity index (χ4n) is 3.94. The fraction of sp³-hybridized carbons (Fsp3) is 0.269. The van der Waals surface area contributed by atoms with E-state index in [1.54, 1.807) is 0 Å². The average molecular weight is 451 g/mol. The first-order valence-corrected chi connectivity index (χ1v) is 12.4. The van der Waals surface area contributed by atoms with E-state index in [0.717, 1.165) is 17.1 Å². The van der Waals surface area contributed by atoms with E-state index in [1.165, 1.54) is 5.56 Å². The Morgan fingerprint density at radius 3 is 2.38 bits per heavy atom. The van der Waals surface area contributed by atoms with Crippen LogP contribution in [0.2, 0.25) is 0 Å². The molecule has 0 fully saturated rings. The van der Waals surface area contributed by atoms with Gasteiger partial charge in [0.25, 0.3) is 0 Å². The lowest BCUT2D eigenvalue weighted by atomic mass is 9.81. The van der Waals surface area contributed by atoms with Crippen molar-refractivity contribution in [1.29, 1.82) is 0 Å². The molecule has 2 aromatic carbocycles. The molecule has 0 unspecified atom stereocenters. The smallest absolute Gasteiger partial charge is 0.209 e. The molecular formula is C26H30N2O3S. The Kier molecular flexibility index (Phi) is 7.83. The summed E-state index contributed by atoms with van der Waals surface area (Å²) >= 11 is 0. The van der Waals surface area contributed by atoms with Crippen LogP contribution in [-0.4, -0.2) is 35.6 Å². The Bertz CT molecular complexity index is 1140. The van der Waals surface area contributed by atoms with Crippen LogP contribution in [0.5, 0.6) is 0 Å². The van der Waals surface area contributed by atoms with Crippen molar-refractivity contribution in [2.75, 3.05) is 17.6 Å². The second-order valence-corrected chi connectivity index (χ2v) is 9.79. The molecule has 3 rings (SSSR count). The van der Waals surface area contributed by atoms with Crippen LogP contribution in [0, 0.1) is 0 Å². The second-order valence-electron chi connectivity index (χ2n) is 8.26. The fourth-order valence-corrected chi connectivity index (χ4v) is 4.50. The highest BCUT2D eigenvalue weighted by Crippen LogP contribution is 2.39. The first-order chi connectivity index (χ1) is 15.3. The number of hydrogen-bond donors (Lipinski definition) is 1. The predicted molar refractivity (Wildman–Crippen MR) is 131 cm³/mol. The van der Waals surface area contributed by atoms with Gasteiger partial charge in [-0.05, 0) is 38.5 Å². The molecule has 0 atom stereocenters. The highest BCUT2D eigenvalue weighted by Gasteiger charge is 2.43. The molecule has 0 bridgehead atoms. The predicted octanol–water partition coefficient (Wildman–Crippen LogP) is 5.13. The molecule has 5 nitrogen and oxygen atoms in total. The molecule has 0 aliphatic carbocycles. The maximum Gasteiger partial charge on any atom is 0.209 e. The van der Waals surface area contributed by atoms with Crippen LogP contribution >= 0.6 is 0 Å². The number of nitrogens with zero attached hydrogens (tertiary/aromatic N) is 1. The van der Waals surface area contributed by atoms with Gasteiger partial charge in [-0.1, -0.05) is 54.6 Å². The van der Waals surface area contributed by atoms with Gasteiger partial charge < -0.3 is 9.87 Å². The number of hydrogen-bond acceptors (Lipinski definition) is 4. The van der Waals surface area contributed by atoms with Crippen molar-refractivity contribution in [2.24, 2.45) is 0 Å². The van der Waals surface area contributed by atoms with Crippen molar-refractivity contribution in [2.45, 2.75) is 32.1 Å². The van der Waals surface area contributed by atoms with Crippen molar-refractivity contribution < 1.29 is 17.5 Å². The number of benzene rings is 2. The van der Waals surface area contributed by atoms with E-state index in [0.29, 0.717) is 19.4 Å². The molecule has 0 spiro atoms. The quantitative estimate of drug-likeness (QED) is 0.236. The van der Waals surface area contributed by atoms with Crippen LogP contribution in [0.25, 0.3) is 0 Å². The minimum Gasteiger partial charge on any atom is -0.748 e. The van der Waals surface area contributed by atoms with Crippen molar-refractivity contribution in [3.8, 4) is 0 Å². The van der Waals surface area contributed by atoms with Gasteiger partial charge in [-0.15, -0.1) is 0 Å². The van der Waals surface area contributed by atoms with Gasteiger partial charge in [0.05, 0.1) is 15.5 Å². The van der Waals surface area contributed by atoms with E-state index in [4.69, 9.17) is 0 Å². The molecule has 0 radical (unpaired) electrons. The highest BCUT2D eigenvalue weighted by atomic mass is 32.2. The van der Waals surface area contributed by atoms with Crippen LogP contribution < -0.4 is 5.32 Å². The highest BCUT2D eigenvalue weighted by molar-refractivity contribution is 7.85. The van der Waals surface area contributed by atoms with E-state index in [1.807, 2.05) is 73.0 Å². The molecular weight excluding hydrogens is 420 g/mol. The van der Waals surface area contributed by atoms with Gasteiger partial charge in [0.1, 0.15) is 6.54 Å². The Labute approximate surface area is 191 Å². The molecule has 6 heteroatoms. The minimum atomic E-state index is -4.17. The summed E-state index contributed by atoms with van der Waals surface area (Å²) in [6.45, 7) is 5.06. The van der Waals surface area contributed by atoms with Gasteiger partial charge in [0.2, 0.25) is 5.69 Å². The normalized spacial score (nSPS) is 15.8. The summed E-state index contributed by atoms with van der Waals surface area (Å²) in [6.07, 6.45) is 12.9. The molecule has 0 aromatic heterocycles. The van der Waals surface area contributed by atoms with Gasteiger partial charge >= 0.3 is 0 Å². The Hall–Kier alpha value is -2.96. The SMILES string of the molecule is CC1(C)C(/C=C/C=C/C=C/Nc2ccccc2)=[N+](CCCCS(=O)(=O)[O-])c2ccccc21. The lowest BCUT2D eigenvalue weighted by Crippen LogP contribution is -2.28. The molecule has 168 valence electrons. The van der Waals surface area contributed by atoms with Crippen molar-refractivity contribution >= 4 is 27.2 Å². The third kappa shape index (κ3) is 6.28. The Morgan fingerprint density at radius 1 is 0.938 bits per heavy atom. The van der Waals surface area contributed by atoms with Crippen LogP contribution in [0.15, 0.2) is 91.2 Å². The van der Waals surface area contributed by atoms with E-state index < -0.39 is 10.1 Å². The summed E-state index contributed by atoms with van der Waals surface area (Å²) in [5.74, 6) is -0.316. The zero-order valence-electron chi connectivity index (χ0n) is 18.6. The maximum absolute atomic E-state index is 10.9. The van der Waals surface area contributed by atoms with Gasteiger partial charge in [0.15, 0.2) is 5.71 Å². The first kappa shape index (κ1) is 23.7. The second kappa shape index (κ2) is 10.6. The molecule has 0 saturated carbocycles. The maximum atomic E-state index is 10.9. The van der Waals surface area contributed by atoms with Gasteiger partial charge in [0, 0.05) is 41.8 Å². The summed E-state index contributed by atoms with van der Waals surface area (Å²) in [6, 6.07) is 18.2. The van der Waals surface area contributed by atoms with Crippen LogP contribution in [0.3, 0.4) is 0 Å². The Balaban J connectivity index is 1.71. The topological polar surface area (TPSA) is 72.2 Å². The van der Waals surface area contributed by atoms with E-state index >= 15 is 0 Å². The molecule has 2 aromatic rings. The number of rotatable bonds is 10. The Morgan fingerprint density at radius 2 is 1.62 bits per heavy atom.